The van der Waals surface area contributed by atoms with E-state index in [1.807, 2.05) is 57.2 Å². The molecule has 1 aliphatic rings. The molecule has 6 nitrogen and oxygen atoms in total. The maximum absolute atomic E-state index is 13.4. The lowest BCUT2D eigenvalue weighted by atomic mass is 10.1. The van der Waals surface area contributed by atoms with Crippen LogP contribution in [0.2, 0.25) is 0 Å². The number of amides is 1. The van der Waals surface area contributed by atoms with Crippen LogP contribution in [0.15, 0.2) is 53.4 Å². The average molecular weight is 486 g/mol. The molecule has 0 aromatic heterocycles. The Labute approximate surface area is 203 Å². The van der Waals surface area contributed by atoms with Gasteiger partial charge in [0.2, 0.25) is 0 Å². The van der Waals surface area contributed by atoms with E-state index in [-0.39, 0.29) is 12.5 Å². The van der Waals surface area contributed by atoms with Crippen LogP contribution in [0.25, 0.3) is 6.08 Å². The summed E-state index contributed by atoms with van der Waals surface area (Å²) < 4.78 is 17.0. The maximum atomic E-state index is 13.4. The van der Waals surface area contributed by atoms with Gasteiger partial charge in [-0.1, -0.05) is 67.3 Å². The van der Waals surface area contributed by atoms with Crippen LogP contribution in [0.5, 0.6) is 11.5 Å². The number of hydrogen-bond donors (Lipinski definition) is 0. The van der Waals surface area contributed by atoms with Gasteiger partial charge in [0.15, 0.2) is 17.5 Å². The quantitative estimate of drug-likeness (QED) is 0.254. The van der Waals surface area contributed by atoms with Crippen molar-refractivity contribution in [2.75, 3.05) is 19.8 Å². The van der Waals surface area contributed by atoms with Crippen LogP contribution in [0, 0.1) is 0 Å². The highest BCUT2D eigenvalue weighted by atomic mass is 32.2. The van der Waals surface area contributed by atoms with E-state index in [0.717, 1.165) is 17.3 Å². The van der Waals surface area contributed by atoms with Gasteiger partial charge in [-0.25, -0.2) is 4.79 Å². The summed E-state index contributed by atoms with van der Waals surface area (Å²) in [6, 6.07) is 13.6. The number of esters is 1. The zero-order chi connectivity index (χ0) is 23.8. The minimum Gasteiger partial charge on any atom is -0.490 e. The molecule has 2 aromatic rings. The van der Waals surface area contributed by atoms with Gasteiger partial charge in [-0.15, -0.1) is 0 Å². The normalized spacial score (nSPS) is 15.6. The van der Waals surface area contributed by atoms with Crippen molar-refractivity contribution < 1.29 is 23.8 Å². The molecular formula is C25H27NO5S2. The van der Waals surface area contributed by atoms with Crippen molar-refractivity contribution in [2.24, 2.45) is 0 Å². The number of nitrogens with zero attached hydrogens (tertiary/aromatic N) is 1. The zero-order valence-electron chi connectivity index (χ0n) is 18.9. The largest absolute Gasteiger partial charge is 0.490 e. The molecule has 8 heteroatoms. The fourth-order valence-electron chi connectivity index (χ4n) is 3.32. The molecule has 3 rings (SSSR count). The average Bonchev–Trinajstić information content (AvgIpc) is 3.08. The van der Waals surface area contributed by atoms with Crippen LogP contribution in [0.3, 0.4) is 0 Å². The fraction of sp³-hybridized carbons (Fsp3) is 0.320. The lowest BCUT2D eigenvalue weighted by Gasteiger charge is -2.25. The summed E-state index contributed by atoms with van der Waals surface area (Å²) in [4.78, 5) is 28.1. The third-order valence-electron chi connectivity index (χ3n) is 4.73. The Bertz CT molecular complexity index is 1040. The molecule has 0 bridgehead atoms. The molecule has 174 valence electrons. The SMILES string of the molecule is CCCOC(=O)C(c1ccccc1)N1C(=O)/C(=C/c2ccc(OCC)c(OCC)c2)SC1=S. The predicted molar refractivity (Wildman–Crippen MR) is 134 cm³/mol. The van der Waals surface area contributed by atoms with Crippen molar-refractivity contribution in [1.29, 1.82) is 0 Å². The number of benzene rings is 2. The van der Waals surface area contributed by atoms with E-state index in [2.05, 4.69) is 0 Å². The van der Waals surface area contributed by atoms with Gasteiger partial charge in [0.25, 0.3) is 5.91 Å². The molecule has 33 heavy (non-hydrogen) atoms. The molecule has 1 saturated heterocycles. The Balaban J connectivity index is 1.93. The van der Waals surface area contributed by atoms with Gasteiger partial charge in [0.05, 0.1) is 24.7 Å². The predicted octanol–water partition coefficient (Wildman–Crippen LogP) is 5.38. The highest BCUT2D eigenvalue weighted by molar-refractivity contribution is 8.26. The minimum atomic E-state index is -0.935. The van der Waals surface area contributed by atoms with Gasteiger partial charge in [-0.2, -0.15) is 0 Å². The molecule has 1 unspecified atom stereocenters. The lowest BCUT2D eigenvalue weighted by molar-refractivity contribution is -0.151. The van der Waals surface area contributed by atoms with Crippen molar-refractivity contribution in [3.05, 3.63) is 64.6 Å². The summed E-state index contributed by atoms with van der Waals surface area (Å²) in [7, 11) is 0. The first-order valence-electron chi connectivity index (χ1n) is 10.9. The summed E-state index contributed by atoms with van der Waals surface area (Å²) in [5.41, 5.74) is 1.42. The molecule has 1 atom stereocenters. The highest BCUT2D eigenvalue weighted by Gasteiger charge is 2.42. The van der Waals surface area contributed by atoms with Crippen LogP contribution >= 0.6 is 24.0 Å². The lowest BCUT2D eigenvalue weighted by Crippen LogP contribution is -2.38. The summed E-state index contributed by atoms with van der Waals surface area (Å²) in [6.07, 6.45) is 2.43. The van der Waals surface area contributed by atoms with E-state index >= 15 is 0 Å². The van der Waals surface area contributed by atoms with E-state index in [1.54, 1.807) is 18.2 Å². The van der Waals surface area contributed by atoms with Crippen molar-refractivity contribution in [3.63, 3.8) is 0 Å². The first-order valence-corrected chi connectivity index (χ1v) is 12.1. The molecule has 0 aliphatic carbocycles. The molecule has 1 fully saturated rings. The van der Waals surface area contributed by atoms with Gasteiger partial charge < -0.3 is 14.2 Å². The highest BCUT2D eigenvalue weighted by Crippen LogP contribution is 2.39. The molecule has 1 heterocycles. The van der Waals surface area contributed by atoms with Gasteiger partial charge in [0, 0.05) is 0 Å². The standard InChI is InChI=1S/C25H27NO5S2/c1-4-14-31-24(28)22(18-10-8-7-9-11-18)26-23(27)21(33-25(26)32)16-17-12-13-19(29-5-2)20(15-17)30-6-3/h7-13,15-16,22H,4-6,14H2,1-3H3/b21-16-. The number of carbonyl (C=O) groups excluding carboxylic acids is 2. The third-order valence-corrected chi connectivity index (χ3v) is 6.06. The number of thioether (sulfide) groups is 1. The van der Waals surface area contributed by atoms with E-state index in [0.29, 0.717) is 45.9 Å². The topological polar surface area (TPSA) is 65.1 Å². The Morgan fingerprint density at radius 3 is 2.42 bits per heavy atom. The van der Waals surface area contributed by atoms with Crippen molar-refractivity contribution >= 4 is 46.3 Å². The Morgan fingerprint density at radius 2 is 1.76 bits per heavy atom. The van der Waals surface area contributed by atoms with Crippen molar-refractivity contribution in [1.82, 2.24) is 4.90 Å². The van der Waals surface area contributed by atoms with Crippen LogP contribution in [0.4, 0.5) is 0 Å². The Hall–Kier alpha value is -2.84. The maximum Gasteiger partial charge on any atom is 0.333 e. The monoisotopic (exact) mass is 485 g/mol. The smallest absolute Gasteiger partial charge is 0.333 e. The van der Waals surface area contributed by atoms with Gasteiger partial charge in [0.1, 0.15) is 4.32 Å². The zero-order valence-corrected chi connectivity index (χ0v) is 20.5. The fourth-order valence-corrected chi connectivity index (χ4v) is 4.63. The molecule has 0 spiro atoms. The van der Waals surface area contributed by atoms with Crippen LogP contribution in [0.1, 0.15) is 44.4 Å². The number of rotatable bonds is 10. The van der Waals surface area contributed by atoms with Gasteiger partial charge >= 0.3 is 5.97 Å². The Kier molecular flexibility index (Phi) is 8.91. The molecule has 0 radical (unpaired) electrons. The Morgan fingerprint density at radius 1 is 1.06 bits per heavy atom. The first kappa shape index (κ1) is 24.8. The third kappa shape index (κ3) is 5.94. The van der Waals surface area contributed by atoms with Crippen LogP contribution < -0.4 is 9.47 Å². The minimum absolute atomic E-state index is 0.277. The van der Waals surface area contributed by atoms with E-state index < -0.39 is 12.0 Å². The molecule has 2 aromatic carbocycles. The number of hydrogen-bond acceptors (Lipinski definition) is 7. The summed E-state index contributed by atoms with van der Waals surface area (Å²) >= 11 is 6.68. The number of ether oxygens (including phenoxy) is 3. The molecule has 1 aliphatic heterocycles. The number of carbonyl (C=O) groups is 2. The van der Waals surface area contributed by atoms with E-state index in [4.69, 9.17) is 26.4 Å². The molecule has 0 N–H and O–H groups in total. The van der Waals surface area contributed by atoms with Crippen LogP contribution in [-0.4, -0.2) is 40.9 Å². The first-order chi connectivity index (χ1) is 16.0. The summed E-state index contributed by atoms with van der Waals surface area (Å²) in [6.45, 7) is 7.01. The van der Waals surface area contributed by atoms with Crippen LogP contribution in [-0.2, 0) is 14.3 Å². The second kappa shape index (κ2) is 11.9. The van der Waals surface area contributed by atoms with E-state index in [9.17, 15) is 9.59 Å². The number of thiocarbonyl (C=S) groups is 1. The molecule has 0 saturated carbocycles. The summed E-state index contributed by atoms with van der Waals surface area (Å²) in [5.74, 6) is 0.417. The second-order valence-corrected chi connectivity index (χ2v) is 8.78. The van der Waals surface area contributed by atoms with E-state index in [1.165, 1.54) is 4.90 Å². The molecular weight excluding hydrogens is 458 g/mol. The summed E-state index contributed by atoms with van der Waals surface area (Å²) in [5, 5.41) is 0. The van der Waals surface area contributed by atoms with Crippen molar-refractivity contribution in [3.8, 4) is 11.5 Å². The van der Waals surface area contributed by atoms with Gasteiger partial charge in [-0.05, 0) is 49.6 Å². The van der Waals surface area contributed by atoms with Gasteiger partial charge in [-0.3, -0.25) is 9.69 Å². The molecule has 1 amide bonds. The second-order valence-electron chi connectivity index (χ2n) is 7.10. The van der Waals surface area contributed by atoms with Crippen molar-refractivity contribution in [2.45, 2.75) is 33.2 Å².